The summed E-state index contributed by atoms with van der Waals surface area (Å²) in [5.41, 5.74) is 18.2. The third-order valence-electron chi connectivity index (χ3n) is 8.13. The lowest BCUT2D eigenvalue weighted by atomic mass is 9.88. The van der Waals surface area contributed by atoms with Crippen molar-refractivity contribution in [3.8, 4) is 22.3 Å². The molecule has 4 aromatic carbocycles. The SMILES string of the molecule is COC1CCC2c3ccccc3-c3c(C=O)c(C)c4c5cc(-c6cccc(N)c6)ccc5n1c4c32. The second kappa shape index (κ2) is 7.30. The number of rotatable bonds is 3. The fraction of sp³-hybridized carbons (Fsp3) is 0.194. The van der Waals surface area contributed by atoms with Crippen molar-refractivity contribution < 1.29 is 9.53 Å². The Bertz CT molecular complexity index is 1690. The maximum absolute atomic E-state index is 12.6. The van der Waals surface area contributed by atoms with E-state index in [1.165, 1.54) is 22.2 Å². The molecule has 0 saturated heterocycles. The molecule has 2 aliphatic rings. The van der Waals surface area contributed by atoms with Crippen LogP contribution in [0, 0.1) is 6.92 Å². The molecule has 0 amide bonds. The summed E-state index contributed by atoms with van der Waals surface area (Å²) >= 11 is 0. The Morgan fingerprint density at radius 1 is 1.00 bits per heavy atom. The van der Waals surface area contributed by atoms with Gasteiger partial charge in [0.15, 0.2) is 6.29 Å². The number of carbonyl (C=O) groups is 1. The van der Waals surface area contributed by atoms with Gasteiger partial charge in [0, 0.05) is 35.1 Å². The molecule has 0 spiro atoms. The van der Waals surface area contributed by atoms with Gasteiger partial charge in [0.05, 0.1) is 11.0 Å². The van der Waals surface area contributed by atoms with Gasteiger partial charge in [0.1, 0.15) is 6.23 Å². The Kier molecular flexibility index (Phi) is 4.27. The van der Waals surface area contributed by atoms with Crippen LogP contribution < -0.4 is 5.73 Å². The van der Waals surface area contributed by atoms with E-state index < -0.39 is 0 Å². The van der Waals surface area contributed by atoms with Gasteiger partial charge < -0.3 is 15.0 Å². The zero-order chi connectivity index (χ0) is 23.8. The number of nitrogens with zero attached hydrogens (tertiary/aromatic N) is 1. The van der Waals surface area contributed by atoms with Crippen LogP contribution >= 0.6 is 0 Å². The minimum atomic E-state index is -0.0587. The number of nitrogen functional groups attached to an aromatic ring is 1. The third kappa shape index (κ3) is 2.63. The largest absolute Gasteiger partial charge is 0.399 e. The standard InChI is InChI=1S/C31H26N2O2/c1-17-25(16-34)29-22-9-4-3-8-21(22)23-11-13-27(35-2)33-26-12-10-19(18-6-5-7-20(32)14-18)15-24(26)28(17)31(33)30(23)29/h3-10,12,14-16,23,27H,11,13,32H2,1-2H3. The number of aromatic nitrogens is 1. The zero-order valence-electron chi connectivity index (χ0n) is 19.8. The van der Waals surface area contributed by atoms with E-state index in [0.717, 1.165) is 68.9 Å². The quantitative estimate of drug-likeness (QED) is 0.229. The van der Waals surface area contributed by atoms with E-state index in [0.29, 0.717) is 0 Å². The number of nitrogens with two attached hydrogens (primary N) is 1. The van der Waals surface area contributed by atoms with Crippen molar-refractivity contribution in [3.63, 3.8) is 0 Å². The highest BCUT2D eigenvalue weighted by atomic mass is 16.5. The number of hydrogen-bond acceptors (Lipinski definition) is 3. The number of anilines is 1. The van der Waals surface area contributed by atoms with Crippen LogP contribution in [0.2, 0.25) is 0 Å². The summed E-state index contributed by atoms with van der Waals surface area (Å²) in [5, 5.41) is 2.32. The molecule has 5 aromatic rings. The summed E-state index contributed by atoms with van der Waals surface area (Å²) in [6, 6.07) is 23.2. The van der Waals surface area contributed by atoms with Crippen molar-refractivity contribution in [2.75, 3.05) is 12.8 Å². The van der Waals surface area contributed by atoms with Crippen molar-refractivity contribution in [1.82, 2.24) is 4.57 Å². The number of benzene rings is 4. The Labute approximate surface area is 203 Å². The van der Waals surface area contributed by atoms with Gasteiger partial charge in [-0.1, -0.05) is 42.5 Å². The van der Waals surface area contributed by atoms with Gasteiger partial charge in [-0.25, -0.2) is 0 Å². The minimum absolute atomic E-state index is 0.0587. The van der Waals surface area contributed by atoms with Gasteiger partial charge in [0.25, 0.3) is 0 Å². The maximum atomic E-state index is 12.6. The smallest absolute Gasteiger partial charge is 0.150 e. The first kappa shape index (κ1) is 20.5. The Morgan fingerprint density at radius 3 is 2.63 bits per heavy atom. The van der Waals surface area contributed by atoms with E-state index in [1.807, 2.05) is 18.2 Å². The lowest BCUT2D eigenvalue weighted by Crippen LogP contribution is -2.10. The van der Waals surface area contributed by atoms with E-state index in [2.05, 4.69) is 60.0 Å². The first-order chi connectivity index (χ1) is 17.1. The summed E-state index contributed by atoms with van der Waals surface area (Å²) in [7, 11) is 1.80. The Balaban J connectivity index is 1.67. The van der Waals surface area contributed by atoms with Gasteiger partial charge in [-0.05, 0) is 83.0 Å². The minimum Gasteiger partial charge on any atom is -0.399 e. The van der Waals surface area contributed by atoms with Gasteiger partial charge in [-0.3, -0.25) is 4.79 Å². The van der Waals surface area contributed by atoms with Crippen LogP contribution in [0.25, 0.3) is 44.1 Å². The molecule has 35 heavy (non-hydrogen) atoms. The molecule has 2 heterocycles. The van der Waals surface area contributed by atoms with Crippen LogP contribution in [-0.2, 0) is 4.74 Å². The number of fused-ring (bicyclic) bond motifs is 6. The molecule has 4 nitrogen and oxygen atoms in total. The number of hydrogen-bond donors (Lipinski definition) is 1. The first-order valence-corrected chi connectivity index (χ1v) is 12.2. The van der Waals surface area contributed by atoms with Crippen LogP contribution in [0.4, 0.5) is 5.69 Å². The lowest BCUT2D eigenvalue weighted by molar-refractivity contribution is 0.0431. The molecular formula is C31H26N2O2. The Hall–Kier alpha value is -3.89. The molecule has 0 radical (unpaired) electrons. The topological polar surface area (TPSA) is 57.2 Å². The molecule has 1 aromatic heterocycles. The summed E-state index contributed by atoms with van der Waals surface area (Å²) in [4.78, 5) is 12.6. The average Bonchev–Trinajstić information content (AvgIpc) is 3.32. The van der Waals surface area contributed by atoms with Gasteiger partial charge in [0.2, 0.25) is 0 Å². The van der Waals surface area contributed by atoms with Crippen LogP contribution in [0.5, 0.6) is 0 Å². The van der Waals surface area contributed by atoms with Crippen molar-refractivity contribution in [2.24, 2.45) is 0 Å². The number of methoxy groups -OCH3 is 1. The molecule has 0 bridgehead atoms. The molecule has 1 aliphatic heterocycles. The molecule has 1 aliphatic carbocycles. The summed E-state index contributed by atoms with van der Waals surface area (Å²) in [6.07, 6.45) is 2.90. The molecule has 2 unspecified atom stereocenters. The molecule has 2 atom stereocenters. The fourth-order valence-electron chi connectivity index (χ4n) is 6.66. The first-order valence-electron chi connectivity index (χ1n) is 12.2. The highest BCUT2D eigenvalue weighted by Crippen LogP contribution is 2.56. The van der Waals surface area contributed by atoms with Crippen molar-refractivity contribution in [2.45, 2.75) is 31.9 Å². The van der Waals surface area contributed by atoms with E-state index in [9.17, 15) is 4.79 Å². The number of aryl methyl sites for hydroxylation is 1. The lowest BCUT2D eigenvalue weighted by Gasteiger charge is -2.19. The van der Waals surface area contributed by atoms with E-state index in [4.69, 9.17) is 10.5 Å². The highest BCUT2D eigenvalue weighted by Gasteiger charge is 2.38. The maximum Gasteiger partial charge on any atom is 0.150 e. The molecule has 7 rings (SSSR count). The molecule has 0 saturated carbocycles. The second-order valence-electron chi connectivity index (χ2n) is 9.80. The molecule has 0 fully saturated rings. The van der Waals surface area contributed by atoms with Crippen molar-refractivity contribution >= 4 is 33.8 Å². The van der Waals surface area contributed by atoms with Crippen LogP contribution in [0.1, 0.15) is 52.0 Å². The van der Waals surface area contributed by atoms with Crippen molar-refractivity contribution in [3.05, 3.63) is 89.0 Å². The number of ether oxygens (including phenoxy) is 1. The van der Waals surface area contributed by atoms with Gasteiger partial charge in [-0.2, -0.15) is 0 Å². The molecule has 172 valence electrons. The van der Waals surface area contributed by atoms with Crippen molar-refractivity contribution in [1.29, 1.82) is 0 Å². The predicted octanol–water partition coefficient (Wildman–Crippen LogP) is 7.22. The summed E-state index contributed by atoms with van der Waals surface area (Å²) < 4.78 is 8.48. The van der Waals surface area contributed by atoms with E-state index in [-0.39, 0.29) is 12.1 Å². The second-order valence-corrected chi connectivity index (χ2v) is 9.80. The normalized spacial score (nSPS) is 18.1. The number of aldehydes is 1. The monoisotopic (exact) mass is 458 g/mol. The van der Waals surface area contributed by atoms with Crippen LogP contribution in [-0.4, -0.2) is 18.0 Å². The highest BCUT2D eigenvalue weighted by molar-refractivity contribution is 6.17. The molecule has 2 N–H and O–H groups in total. The summed E-state index contributed by atoms with van der Waals surface area (Å²) in [5.74, 6) is 0.264. The van der Waals surface area contributed by atoms with Gasteiger partial charge in [-0.15, -0.1) is 0 Å². The third-order valence-corrected chi connectivity index (χ3v) is 8.13. The molecule has 4 heteroatoms. The predicted molar refractivity (Wildman–Crippen MR) is 142 cm³/mol. The Morgan fingerprint density at radius 2 is 1.83 bits per heavy atom. The van der Waals surface area contributed by atoms with Crippen LogP contribution in [0.15, 0.2) is 66.7 Å². The van der Waals surface area contributed by atoms with E-state index >= 15 is 0 Å². The van der Waals surface area contributed by atoms with Crippen LogP contribution in [0.3, 0.4) is 0 Å². The summed E-state index contributed by atoms with van der Waals surface area (Å²) in [6.45, 7) is 2.10. The zero-order valence-corrected chi connectivity index (χ0v) is 19.8. The number of carbonyl (C=O) groups excluding carboxylic acids is 1. The van der Waals surface area contributed by atoms with E-state index in [1.54, 1.807) is 7.11 Å². The van der Waals surface area contributed by atoms with Gasteiger partial charge >= 0.3 is 0 Å². The average molecular weight is 459 g/mol. The molecular weight excluding hydrogens is 432 g/mol. The fourth-order valence-corrected chi connectivity index (χ4v) is 6.66.